The van der Waals surface area contributed by atoms with Gasteiger partial charge in [0.2, 0.25) is 0 Å². The van der Waals surface area contributed by atoms with Crippen molar-refractivity contribution < 1.29 is 23.8 Å². The molecule has 1 atom stereocenters. The lowest BCUT2D eigenvalue weighted by Crippen LogP contribution is -2.30. The summed E-state index contributed by atoms with van der Waals surface area (Å²) in [6.07, 6.45) is 56.5. The van der Waals surface area contributed by atoms with E-state index in [1.54, 1.807) is 0 Å². The van der Waals surface area contributed by atoms with Gasteiger partial charge in [0, 0.05) is 19.4 Å². The Balaban J connectivity index is 4.13. The minimum absolute atomic E-state index is 0.0898. The van der Waals surface area contributed by atoms with Crippen molar-refractivity contribution in [3.05, 3.63) is 12.2 Å². The quantitative estimate of drug-likeness (QED) is 0.0348. The lowest BCUT2D eigenvalue weighted by Gasteiger charge is -2.18. The molecule has 58 heavy (non-hydrogen) atoms. The van der Waals surface area contributed by atoms with E-state index in [1.807, 2.05) is 0 Å². The average molecular weight is 819 g/mol. The first-order valence-corrected chi connectivity index (χ1v) is 26.2. The maximum atomic E-state index is 12.7. The third-order valence-corrected chi connectivity index (χ3v) is 11.8. The fourth-order valence-electron chi connectivity index (χ4n) is 7.86. The highest BCUT2D eigenvalue weighted by atomic mass is 16.6. The highest BCUT2D eigenvalue weighted by Gasteiger charge is 2.17. The molecule has 5 nitrogen and oxygen atoms in total. The second kappa shape index (κ2) is 50.0. The summed E-state index contributed by atoms with van der Waals surface area (Å²) in [4.78, 5) is 25.3. The predicted molar refractivity (Wildman–Crippen MR) is 252 cm³/mol. The molecule has 0 aromatic heterocycles. The molecule has 0 aromatic carbocycles. The molecule has 0 spiro atoms. The van der Waals surface area contributed by atoms with Gasteiger partial charge in [0.1, 0.15) is 6.61 Å². The Kier molecular flexibility index (Phi) is 48.8. The van der Waals surface area contributed by atoms with Crippen molar-refractivity contribution in [2.75, 3.05) is 19.8 Å². The van der Waals surface area contributed by atoms with Gasteiger partial charge in [-0.2, -0.15) is 0 Å². The summed E-state index contributed by atoms with van der Waals surface area (Å²) in [5, 5.41) is 0. The minimum Gasteiger partial charge on any atom is -0.462 e. The van der Waals surface area contributed by atoms with Crippen LogP contribution in [-0.2, 0) is 23.8 Å². The molecule has 0 radical (unpaired) electrons. The van der Waals surface area contributed by atoms with Gasteiger partial charge in [0.05, 0.1) is 6.61 Å². The van der Waals surface area contributed by atoms with E-state index in [0.717, 1.165) is 38.5 Å². The van der Waals surface area contributed by atoms with Crippen LogP contribution in [0.4, 0.5) is 0 Å². The Bertz CT molecular complexity index is 840. The normalized spacial score (nSPS) is 12.1. The van der Waals surface area contributed by atoms with E-state index in [-0.39, 0.29) is 18.5 Å². The van der Waals surface area contributed by atoms with Gasteiger partial charge in [-0.1, -0.05) is 245 Å². The fraction of sp³-hybridized carbons (Fsp3) is 0.925. The Morgan fingerprint density at radius 1 is 0.362 bits per heavy atom. The van der Waals surface area contributed by atoms with E-state index in [4.69, 9.17) is 14.2 Å². The lowest BCUT2D eigenvalue weighted by atomic mass is 10.0. The Hall–Kier alpha value is -1.36. The number of unbranched alkanes of at least 4 members (excludes halogenated alkanes) is 36. The molecule has 344 valence electrons. The minimum atomic E-state index is -0.528. The Labute approximate surface area is 363 Å². The van der Waals surface area contributed by atoms with E-state index >= 15 is 0 Å². The van der Waals surface area contributed by atoms with E-state index in [0.29, 0.717) is 26.1 Å². The smallest absolute Gasteiger partial charge is 0.306 e. The van der Waals surface area contributed by atoms with Crippen LogP contribution in [0.15, 0.2) is 12.2 Å². The molecule has 0 rings (SSSR count). The van der Waals surface area contributed by atoms with Crippen LogP contribution in [0.2, 0.25) is 0 Å². The van der Waals surface area contributed by atoms with E-state index in [2.05, 4.69) is 32.9 Å². The van der Waals surface area contributed by atoms with Gasteiger partial charge >= 0.3 is 11.9 Å². The first kappa shape index (κ1) is 56.6. The third-order valence-electron chi connectivity index (χ3n) is 11.8. The van der Waals surface area contributed by atoms with E-state index in [9.17, 15) is 9.59 Å². The predicted octanol–water partition coefficient (Wildman–Crippen LogP) is 17.5. The van der Waals surface area contributed by atoms with Crippen LogP contribution in [0, 0.1) is 0 Å². The van der Waals surface area contributed by atoms with Crippen LogP contribution in [-0.4, -0.2) is 37.9 Å². The fourth-order valence-corrected chi connectivity index (χ4v) is 7.86. The van der Waals surface area contributed by atoms with Crippen LogP contribution >= 0.6 is 0 Å². The molecule has 0 aliphatic heterocycles. The van der Waals surface area contributed by atoms with Crippen LogP contribution in [0.25, 0.3) is 0 Å². The van der Waals surface area contributed by atoms with Gasteiger partial charge in [-0.3, -0.25) is 9.59 Å². The third kappa shape index (κ3) is 47.3. The van der Waals surface area contributed by atoms with Crippen molar-refractivity contribution >= 4 is 11.9 Å². The van der Waals surface area contributed by atoms with Crippen LogP contribution in [0.3, 0.4) is 0 Å². The number of hydrogen-bond donors (Lipinski definition) is 0. The molecule has 0 aliphatic rings. The zero-order chi connectivity index (χ0) is 42.1. The topological polar surface area (TPSA) is 61.8 Å². The number of ether oxygens (including phenoxy) is 3. The van der Waals surface area contributed by atoms with Gasteiger partial charge < -0.3 is 14.2 Å². The lowest BCUT2D eigenvalue weighted by molar-refractivity contribution is -0.163. The molecule has 0 fully saturated rings. The van der Waals surface area contributed by atoms with Crippen molar-refractivity contribution in [3.8, 4) is 0 Å². The molecular weight excluding hydrogens is 717 g/mol. The molecule has 0 aromatic rings. The summed E-state index contributed by atoms with van der Waals surface area (Å²) >= 11 is 0. The molecule has 0 aliphatic carbocycles. The van der Waals surface area contributed by atoms with Gasteiger partial charge in [0.15, 0.2) is 6.10 Å². The average Bonchev–Trinajstić information content (AvgIpc) is 3.22. The standard InChI is InChI=1S/C53H102O5/c1-4-7-10-13-16-19-21-23-25-26-27-29-31-33-36-39-42-45-48-56-49-51(58-53(55)47-44-41-38-34-18-15-12-9-6-3)50-57-52(54)46-43-40-37-35-32-30-28-24-22-20-17-14-11-8-5-2/h24,28,51H,4-23,25-27,29-50H2,1-3H3/b28-24-. The van der Waals surface area contributed by atoms with Crippen LogP contribution in [0.5, 0.6) is 0 Å². The van der Waals surface area contributed by atoms with Crippen LogP contribution < -0.4 is 0 Å². The summed E-state index contributed by atoms with van der Waals surface area (Å²) in [6.45, 7) is 7.86. The number of rotatable bonds is 49. The Morgan fingerprint density at radius 3 is 1.05 bits per heavy atom. The van der Waals surface area contributed by atoms with Crippen molar-refractivity contribution in [1.29, 1.82) is 0 Å². The number of esters is 2. The first-order valence-electron chi connectivity index (χ1n) is 26.2. The number of carbonyl (C=O) groups excluding carboxylic acids is 2. The highest BCUT2D eigenvalue weighted by Crippen LogP contribution is 2.16. The summed E-state index contributed by atoms with van der Waals surface area (Å²) in [6, 6.07) is 0. The molecule has 0 N–H and O–H groups in total. The highest BCUT2D eigenvalue weighted by molar-refractivity contribution is 5.70. The van der Waals surface area contributed by atoms with E-state index < -0.39 is 6.10 Å². The monoisotopic (exact) mass is 819 g/mol. The van der Waals surface area contributed by atoms with Crippen molar-refractivity contribution in [2.45, 2.75) is 297 Å². The van der Waals surface area contributed by atoms with Crippen molar-refractivity contribution in [2.24, 2.45) is 0 Å². The number of allylic oxidation sites excluding steroid dienone is 2. The number of carbonyl (C=O) groups is 2. The van der Waals surface area contributed by atoms with Gasteiger partial charge in [0.25, 0.3) is 0 Å². The van der Waals surface area contributed by atoms with E-state index in [1.165, 1.54) is 218 Å². The zero-order valence-corrected chi connectivity index (χ0v) is 39.6. The molecule has 0 heterocycles. The first-order chi connectivity index (χ1) is 28.6. The molecule has 5 heteroatoms. The van der Waals surface area contributed by atoms with Gasteiger partial charge in [-0.05, 0) is 44.9 Å². The maximum absolute atomic E-state index is 12.7. The SMILES string of the molecule is CCCCCCCC/C=C\CCCCCCCC(=O)OCC(COCCCCCCCCCCCCCCCCCCCC)OC(=O)CCCCCCCCCCC. The van der Waals surface area contributed by atoms with Crippen LogP contribution in [0.1, 0.15) is 290 Å². The maximum Gasteiger partial charge on any atom is 0.306 e. The number of hydrogen-bond acceptors (Lipinski definition) is 5. The Morgan fingerprint density at radius 2 is 0.672 bits per heavy atom. The van der Waals surface area contributed by atoms with Crippen molar-refractivity contribution in [1.82, 2.24) is 0 Å². The zero-order valence-electron chi connectivity index (χ0n) is 39.6. The van der Waals surface area contributed by atoms with Gasteiger partial charge in [-0.15, -0.1) is 0 Å². The van der Waals surface area contributed by atoms with Crippen molar-refractivity contribution in [3.63, 3.8) is 0 Å². The largest absolute Gasteiger partial charge is 0.462 e. The molecule has 0 saturated heterocycles. The molecule has 1 unspecified atom stereocenters. The summed E-state index contributed by atoms with van der Waals surface area (Å²) in [5.41, 5.74) is 0. The summed E-state index contributed by atoms with van der Waals surface area (Å²) in [7, 11) is 0. The second-order valence-corrected chi connectivity index (χ2v) is 17.8. The molecule has 0 bridgehead atoms. The summed E-state index contributed by atoms with van der Waals surface area (Å²) < 4.78 is 17.4. The second-order valence-electron chi connectivity index (χ2n) is 17.8. The molecule has 0 amide bonds. The molecule has 0 saturated carbocycles. The van der Waals surface area contributed by atoms with Gasteiger partial charge in [-0.25, -0.2) is 0 Å². The molecular formula is C53H102O5. The summed E-state index contributed by atoms with van der Waals surface area (Å²) in [5.74, 6) is -0.390.